The second-order valence-electron chi connectivity index (χ2n) is 7.89. The number of hydrogen-bond donors (Lipinski definition) is 2. The lowest BCUT2D eigenvalue weighted by atomic mass is 9.84. The number of nitrogens with one attached hydrogen (secondary N) is 1. The zero-order chi connectivity index (χ0) is 17.4. The SMILES string of the molecule is O=C(O)CN(CC1CC1)C1CC(NC(=O)C2CCc3ccccc32)C1. The molecule has 1 aromatic rings. The fourth-order valence-electron chi connectivity index (χ4n) is 4.28. The van der Waals surface area contributed by atoms with Crippen LogP contribution in [-0.2, 0) is 16.0 Å². The molecule has 4 rings (SSSR count). The molecular formula is C20H26N2O3. The van der Waals surface area contributed by atoms with Gasteiger partial charge in [0, 0.05) is 18.6 Å². The van der Waals surface area contributed by atoms with Gasteiger partial charge in [-0.2, -0.15) is 0 Å². The number of nitrogens with zero attached hydrogens (tertiary/aromatic N) is 1. The van der Waals surface area contributed by atoms with Gasteiger partial charge in [0.1, 0.15) is 0 Å². The van der Waals surface area contributed by atoms with Gasteiger partial charge < -0.3 is 10.4 Å². The van der Waals surface area contributed by atoms with Crippen molar-refractivity contribution < 1.29 is 14.7 Å². The minimum atomic E-state index is -0.754. The molecule has 3 aliphatic carbocycles. The summed E-state index contributed by atoms with van der Waals surface area (Å²) in [5.41, 5.74) is 2.48. The van der Waals surface area contributed by atoms with Crippen molar-refractivity contribution in [3.05, 3.63) is 35.4 Å². The third-order valence-electron chi connectivity index (χ3n) is 5.95. The van der Waals surface area contributed by atoms with Crippen LogP contribution >= 0.6 is 0 Å². The van der Waals surface area contributed by atoms with E-state index in [-0.39, 0.29) is 24.4 Å². The van der Waals surface area contributed by atoms with Crippen LogP contribution in [0.25, 0.3) is 0 Å². The third-order valence-corrected chi connectivity index (χ3v) is 5.95. The van der Waals surface area contributed by atoms with Crippen molar-refractivity contribution in [2.75, 3.05) is 13.1 Å². The number of carboxylic acids is 1. The van der Waals surface area contributed by atoms with Crippen LogP contribution in [0.4, 0.5) is 0 Å². The largest absolute Gasteiger partial charge is 0.480 e. The summed E-state index contributed by atoms with van der Waals surface area (Å²) in [6, 6.07) is 8.72. The van der Waals surface area contributed by atoms with Gasteiger partial charge in [-0.1, -0.05) is 24.3 Å². The van der Waals surface area contributed by atoms with E-state index < -0.39 is 5.97 Å². The Hall–Kier alpha value is -1.88. The number of carbonyl (C=O) groups excluding carboxylic acids is 1. The molecule has 0 saturated heterocycles. The lowest BCUT2D eigenvalue weighted by molar-refractivity contribution is -0.140. The molecule has 0 aromatic heterocycles. The molecule has 2 saturated carbocycles. The summed E-state index contributed by atoms with van der Waals surface area (Å²) in [6.45, 7) is 1.02. The summed E-state index contributed by atoms with van der Waals surface area (Å²) < 4.78 is 0. The lowest BCUT2D eigenvalue weighted by Crippen LogP contribution is -2.55. The van der Waals surface area contributed by atoms with Gasteiger partial charge >= 0.3 is 5.97 Å². The number of aliphatic carboxylic acids is 1. The Bertz CT molecular complexity index is 665. The Balaban J connectivity index is 1.29. The Labute approximate surface area is 148 Å². The van der Waals surface area contributed by atoms with Crippen LogP contribution in [0.2, 0.25) is 0 Å². The number of rotatable bonds is 7. The predicted octanol–water partition coefficient (Wildman–Crippen LogP) is 2.16. The molecule has 0 aliphatic heterocycles. The van der Waals surface area contributed by atoms with Gasteiger partial charge in [-0.05, 0) is 55.6 Å². The molecule has 1 amide bonds. The molecule has 2 N–H and O–H groups in total. The minimum Gasteiger partial charge on any atom is -0.480 e. The molecule has 0 heterocycles. The number of carboxylic acid groups (broad SMARTS) is 1. The van der Waals surface area contributed by atoms with E-state index >= 15 is 0 Å². The maximum absolute atomic E-state index is 12.6. The normalized spacial score (nSPS) is 27.6. The second-order valence-corrected chi connectivity index (χ2v) is 7.89. The molecule has 0 spiro atoms. The van der Waals surface area contributed by atoms with Crippen molar-refractivity contribution in [2.45, 2.75) is 56.5 Å². The van der Waals surface area contributed by atoms with Crippen LogP contribution in [0.1, 0.15) is 49.1 Å². The first-order valence-electron chi connectivity index (χ1n) is 9.44. The number of aryl methyl sites for hydroxylation is 1. The van der Waals surface area contributed by atoms with E-state index in [4.69, 9.17) is 5.11 Å². The monoisotopic (exact) mass is 342 g/mol. The smallest absolute Gasteiger partial charge is 0.317 e. The van der Waals surface area contributed by atoms with Gasteiger partial charge in [-0.3, -0.25) is 14.5 Å². The quantitative estimate of drug-likeness (QED) is 0.797. The summed E-state index contributed by atoms with van der Waals surface area (Å²) in [5.74, 6) is 0.0518. The molecular weight excluding hydrogens is 316 g/mol. The van der Waals surface area contributed by atoms with Crippen LogP contribution in [0.3, 0.4) is 0 Å². The molecule has 3 aliphatic rings. The van der Waals surface area contributed by atoms with Crippen LogP contribution < -0.4 is 5.32 Å². The van der Waals surface area contributed by atoms with Crippen LogP contribution in [0.5, 0.6) is 0 Å². The van der Waals surface area contributed by atoms with E-state index in [1.165, 1.54) is 24.0 Å². The number of amides is 1. The van der Waals surface area contributed by atoms with Gasteiger partial charge in [0.25, 0.3) is 0 Å². The van der Waals surface area contributed by atoms with Gasteiger partial charge in [0.2, 0.25) is 5.91 Å². The maximum Gasteiger partial charge on any atom is 0.317 e. The highest BCUT2D eigenvalue weighted by molar-refractivity contribution is 5.85. The zero-order valence-electron chi connectivity index (χ0n) is 14.5. The predicted molar refractivity (Wildman–Crippen MR) is 94.4 cm³/mol. The number of fused-ring (bicyclic) bond motifs is 1. The van der Waals surface area contributed by atoms with E-state index in [1.54, 1.807) is 0 Å². The summed E-state index contributed by atoms with van der Waals surface area (Å²) in [5, 5.41) is 12.3. The van der Waals surface area contributed by atoms with Crippen molar-refractivity contribution in [1.82, 2.24) is 10.2 Å². The number of hydrogen-bond acceptors (Lipinski definition) is 3. The summed E-state index contributed by atoms with van der Waals surface area (Å²) in [4.78, 5) is 25.8. The minimum absolute atomic E-state index is 0.0168. The van der Waals surface area contributed by atoms with E-state index in [1.807, 2.05) is 12.1 Å². The van der Waals surface area contributed by atoms with Crippen LogP contribution in [-0.4, -0.2) is 47.1 Å². The van der Waals surface area contributed by atoms with E-state index in [9.17, 15) is 9.59 Å². The van der Waals surface area contributed by atoms with E-state index in [0.29, 0.717) is 12.0 Å². The first-order valence-corrected chi connectivity index (χ1v) is 9.44. The topological polar surface area (TPSA) is 69.6 Å². The molecule has 25 heavy (non-hydrogen) atoms. The van der Waals surface area contributed by atoms with Crippen molar-refractivity contribution in [3.8, 4) is 0 Å². The molecule has 0 bridgehead atoms. The van der Waals surface area contributed by atoms with Crippen LogP contribution in [0, 0.1) is 5.92 Å². The zero-order valence-corrected chi connectivity index (χ0v) is 14.5. The highest BCUT2D eigenvalue weighted by Gasteiger charge is 2.39. The Morgan fingerprint density at radius 1 is 1.16 bits per heavy atom. The maximum atomic E-state index is 12.6. The van der Waals surface area contributed by atoms with Gasteiger partial charge in [0.05, 0.1) is 12.5 Å². The molecule has 1 atom stereocenters. The molecule has 5 heteroatoms. The average molecular weight is 342 g/mol. The molecule has 5 nitrogen and oxygen atoms in total. The Kier molecular flexibility index (Phi) is 4.50. The van der Waals surface area contributed by atoms with Crippen molar-refractivity contribution in [2.24, 2.45) is 5.92 Å². The highest BCUT2D eigenvalue weighted by atomic mass is 16.4. The molecule has 1 aromatic carbocycles. The highest BCUT2D eigenvalue weighted by Crippen LogP contribution is 2.36. The summed E-state index contributed by atoms with van der Waals surface area (Å²) in [6.07, 6.45) is 6.08. The third kappa shape index (κ3) is 3.71. The number of carbonyl (C=O) groups is 2. The summed E-state index contributed by atoms with van der Waals surface area (Å²) in [7, 11) is 0. The van der Waals surface area contributed by atoms with E-state index in [0.717, 1.165) is 32.2 Å². The molecule has 1 unspecified atom stereocenters. The van der Waals surface area contributed by atoms with Crippen molar-refractivity contribution >= 4 is 11.9 Å². The standard InChI is InChI=1S/C20H26N2O3/c23-19(24)12-22(11-13-5-6-13)16-9-15(10-16)21-20(25)18-8-7-14-3-1-2-4-17(14)18/h1-4,13,15-16,18H,5-12H2,(H,21,25)(H,23,24). The van der Waals surface area contributed by atoms with Crippen molar-refractivity contribution in [1.29, 1.82) is 0 Å². The molecule has 0 radical (unpaired) electrons. The summed E-state index contributed by atoms with van der Waals surface area (Å²) >= 11 is 0. The lowest BCUT2D eigenvalue weighted by Gasteiger charge is -2.43. The van der Waals surface area contributed by atoms with Crippen molar-refractivity contribution in [3.63, 3.8) is 0 Å². The van der Waals surface area contributed by atoms with Gasteiger partial charge in [-0.25, -0.2) is 0 Å². The number of benzene rings is 1. The second kappa shape index (κ2) is 6.79. The van der Waals surface area contributed by atoms with Gasteiger partial charge in [-0.15, -0.1) is 0 Å². The first-order chi connectivity index (χ1) is 12.1. The van der Waals surface area contributed by atoms with Crippen LogP contribution in [0.15, 0.2) is 24.3 Å². The van der Waals surface area contributed by atoms with Gasteiger partial charge in [0.15, 0.2) is 0 Å². The average Bonchev–Trinajstić information content (AvgIpc) is 3.24. The Morgan fingerprint density at radius 3 is 2.64 bits per heavy atom. The molecule has 134 valence electrons. The molecule has 2 fully saturated rings. The first kappa shape index (κ1) is 16.6. The fourth-order valence-corrected chi connectivity index (χ4v) is 4.28. The van der Waals surface area contributed by atoms with E-state index in [2.05, 4.69) is 22.3 Å². The fraction of sp³-hybridized carbons (Fsp3) is 0.600. The Morgan fingerprint density at radius 2 is 1.92 bits per heavy atom.